The van der Waals surface area contributed by atoms with E-state index in [-0.39, 0.29) is 0 Å². The van der Waals surface area contributed by atoms with Crippen LogP contribution in [0, 0.1) is 0 Å². The maximum absolute atomic E-state index is 6.82. The summed E-state index contributed by atoms with van der Waals surface area (Å²) in [7, 11) is 0. The first-order valence-corrected chi connectivity index (χ1v) is 16.8. The number of aromatic nitrogens is 3. The van der Waals surface area contributed by atoms with Gasteiger partial charge in [-0.15, -0.1) is 11.3 Å². The molecule has 10 aromatic rings. The molecule has 10 rings (SSSR count). The largest absolute Gasteiger partial charge is 0.455 e. The summed E-state index contributed by atoms with van der Waals surface area (Å²) >= 11 is 1.85. The van der Waals surface area contributed by atoms with Gasteiger partial charge in [-0.25, -0.2) is 15.0 Å². The fourth-order valence-electron chi connectivity index (χ4n) is 6.86. The molecule has 0 aliphatic rings. The van der Waals surface area contributed by atoms with Crippen molar-refractivity contribution in [1.82, 2.24) is 15.0 Å². The Morgan fingerprint density at radius 1 is 0.438 bits per heavy atom. The Hall–Kier alpha value is -6.17. The van der Waals surface area contributed by atoms with Crippen molar-refractivity contribution in [3.05, 3.63) is 152 Å². The zero-order chi connectivity index (χ0) is 31.6. The van der Waals surface area contributed by atoms with Gasteiger partial charge in [-0.1, -0.05) is 127 Å². The van der Waals surface area contributed by atoms with Crippen molar-refractivity contribution in [3.63, 3.8) is 0 Å². The van der Waals surface area contributed by atoms with E-state index >= 15 is 0 Å². The molecule has 0 saturated heterocycles. The van der Waals surface area contributed by atoms with Crippen LogP contribution in [0.3, 0.4) is 0 Å². The van der Waals surface area contributed by atoms with E-state index in [4.69, 9.17) is 19.4 Å². The summed E-state index contributed by atoms with van der Waals surface area (Å²) in [5.41, 5.74) is 6.82. The molecule has 224 valence electrons. The van der Waals surface area contributed by atoms with Gasteiger partial charge in [0.25, 0.3) is 0 Å². The highest BCUT2D eigenvalue weighted by Gasteiger charge is 2.20. The summed E-state index contributed by atoms with van der Waals surface area (Å²) in [6.45, 7) is 0. The third-order valence-electron chi connectivity index (χ3n) is 9.12. The Kier molecular flexibility index (Phi) is 6.01. The van der Waals surface area contributed by atoms with Gasteiger partial charge in [-0.2, -0.15) is 0 Å². The van der Waals surface area contributed by atoms with Crippen LogP contribution in [-0.2, 0) is 0 Å². The van der Waals surface area contributed by atoms with Crippen LogP contribution in [0.4, 0.5) is 0 Å². The normalized spacial score (nSPS) is 11.8. The second-order valence-corrected chi connectivity index (χ2v) is 13.0. The second kappa shape index (κ2) is 10.7. The summed E-state index contributed by atoms with van der Waals surface area (Å²) in [6.07, 6.45) is 0. The fraction of sp³-hybridized carbons (Fsp3) is 0. The highest BCUT2D eigenvalue weighted by atomic mass is 32.1. The average Bonchev–Trinajstić information content (AvgIpc) is 3.74. The minimum atomic E-state index is 0.602. The van der Waals surface area contributed by atoms with Crippen molar-refractivity contribution in [3.8, 4) is 45.3 Å². The topological polar surface area (TPSA) is 51.8 Å². The molecule has 0 amide bonds. The fourth-order valence-corrected chi connectivity index (χ4v) is 8.09. The Bertz CT molecular complexity index is 2780. The standard InChI is InChI=1S/C43H25N3OS/c1-3-12-26(13-4-1)41-44-42(27-14-5-2-6-15-27)46-43(45-41)29-22-23-34-36(25-29)47-39-30-17-8-7-16-28(30)24-35(38(34)39)33-20-11-19-32-31-18-9-10-21-37(31)48-40(32)33/h1-25H. The van der Waals surface area contributed by atoms with Crippen molar-refractivity contribution in [2.75, 3.05) is 0 Å². The molecule has 0 saturated carbocycles. The zero-order valence-electron chi connectivity index (χ0n) is 25.6. The maximum Gasteiger partial charge on any atom is 0.164 e. The van der Waals surface area contributed by atoms with Crippen LogP contribution in [0.15, 0.2) is 156 Å². The van der Waals surface area contributed by atoms with Crippen molar-refractivity contribution in [1.29, 1.82) is 0 Å². The first-order valence-electron chi connectivity index (χ1n) is 15.9. The number of benzene rings is 7. The molecule has 48 heavy (non-hydrogen) atoms. The molecule has 0 radical (unpaired) electrons. The predicted octanol–water partition coefficient (Wildman–Crippen LogP) is 12.0. The van der Waals surface area contributed by atoms with Crippen LogP contribution in [0.25, 0.3) is 98.2 Å². The van der Waals surface area contributed by atoms with Gasteiger partial charge < -0.3 is 4.42 Å². The molecule has 4 nitrogen and oxygen atoms in total. The molecule has 0 spiro atoms. The van der Waals surface area contributed by atoms with E-state index in [0.717, 1.165) is 49.4 Å². The Morgan fingerprint density at radius 3 is 1.81 bits per heavy atom. The number of hydrogen-bond acceptors (Lipinski definition) is 5. The van der Waals surface area contributed by atoms with E-state index in [2.05, 4.69) is 91.0 Å². The van der Waals surface area contributed by atoms with Gasteiger partial charge in [-0.05, 0) is 35.2 Å². The average molecular weight is 632 g/mol. The molecule has 0 N–H and O–H groups in total. The van der Waals surface area contributed by atoms with Gasteiger partial charge in [0.2, 0.25) is 0 Å². The molecule has 3 aromatic heterocycles. The number of fused-ring (bicyclic) bond motifs is 8. The van der Waals surface area contributed by atoms with Gasteiger partial charge in [0.05, 0.1) is 0 Å². The Labute approximate surface area is 279 Å². The maximum atomic E-state index is 6.82. The lowest BCUT2D eigenvalue weighted by atomic mass is 9.94. The molecule has 3 heterocycles. The molecule has 7 aromatic carbocycles. The van der Waals surface area contributed by atoms with Gasteiger partial charge in [-0.3, -0.25) is 0 Å². The van der Waals surface area contributed by atoms with Crippen molar-refractivity contribution in [2.45, 2.75) is 0 Å². The quantitative estimate of drug-likeness (QED) is 0.194. The molecule has 0 aliphatic carbocycles. The van der Waals surface area contributed by atoms with E-state index in [0.29, 0.717) is 17.5 Å². The van der Waals surface area contributed by atoms with Crippen LogP contribution < -0.4 is 0 Å². The highest BCUT2D eigenvalue weighted by molar-refractivity contribution is 7.26. The highest BCUT2D eigenvalue weighted by Crippen LogP contribution is 2.46. The number of rotatable bonds is 4. The van der Waals surface area contributed by atoms with Crippen molar-refractivity contribution >= 4 is 64.2 Å². The number of nitrogens with zero attached hydrogens (tertiary/aromatic N) is 3. The predicted molar refractivity (Wildman–Crippen MR) is 199 cm³/mol. The van der Waals surface area contributed by atoms with E-state index in [9.17, 15) is 0 Å². The minimum Gasteiger partial charge on any atom is -0.455 e. The smallest absolute Gasteiger partial charge is 0.164 e. The van der Waals surface area contributed by atoms with Crippen LogP contribution >= 0.6 is 11.3 Å². The lowest BCUT2D eigenvalue weighted by Gasteiger charge is -2.09. The first kappa shape index (κ1) is 27.0. The molecule has 0 bridgehead atoms. The van der Waals surface area contributed by atoms with Gasteiger partial charge >= 0.3 is 0 Å². The molecular formula is C43H25N3OS. The van der Waals surface area contributed by atoms with Crippen LogP contribution in [-0.4, -0.2) is 15.0 Å². The summed E-state index contributed by atoms with van der Waals surface area (Å²) in [5, 5.41) is 6.99. The van der Waals surface area contributed by atoms with Crippen molar-refractivity contribution < 1.29 is 4.42 Å². The first-order chi connectivity index (χ1) is 23.8. The number of thiophene rings is 1. The summed E-state index contributed by atoms with van der Waals surface area (Å²) < 4.78 is 9.40. The van der Waals surface area contributed by atoms with Crippen LogP contribution in [0.5, 0.6) is 0 Å². The van der Waals surface area contributed by atoms with Crippen LogP contribution in [0.1, 0.15) is 0 Å². The van der Waals surface area contributed by atoms with E-state index in [1.54, 1.807) is 0 Å². The van der Waals surface area contributed by atoms with Gasteiger partial charge in [0, 0.05) is 58.6 Å². The molecule has 5 heteroatoms. The van der Waals surface area contributed by atoms with E-state index in [1.165, 1.54) is 31.3 Å². The van der Waals surface area contributed by atoms with Crippen LogP contribution in [0.2, 0.25) is 0 Å². The third kappa shape index (κ3) is 4.25. The monoisotopic (exact) mass is 631 g/mol. The second-order valence-electron chi connectivity index (χ2n) is 12.0. The Balaban J connectivity index is 1.22. The Morgan fingerprint density at radius 2 is 1.06 bits per heavy atom. The summed E-state index contributed by atoms with van der Waals surface area (Å²) in [5.74, 6) is 1.87. The molecule has 0 unspecified atom stereocenters. The zero-order valence-corrected chi connectivity index (χ0v) is 26.4. The third-order valence-corrected chi connectivity index (χ3v) is 10.3. The number of furan rings is 1. The molecule has 0 fully saturated rings. The summed E-state index contributed by atoms with van der Waals surface area (Å²) in [6, 6.07) is 52.6. The molecule has 0 atom stereocenters. The number of hydrogen-bond donors (Lipinski definition) is 0. The van der Waals surface area contributed by atoms with Gasteiger partial charge in [0.1, 0.15) is 11.2 Å². The molecular weight excluding hydrogens is 607 g/mol. The van der Waals surface area contributed by atoms with E-state index in [1.807, 2.05) is 72.0 Å². The van der Waals surface area contributed by atoms with Gasteiger partial charge in [0.15, 0.2) is 17.5 Å². The molecule has 0 aliphatic heterocycles. The lowest BCUT2D eigenvalue weighted by Crippen LogP contribution is -2.00. The lowest BCUT2D eigenvalue weighted by molar-refractivity contribution is 0.673. The SMILES string of the molecule is c1ccc(-c2nc(-c3ccccc3)nc(-c3ccc4c(c3)oc3c5ccccc5cc(-c5cccc6c5sc5ccccc56)c43)n2)cc1. The summed E-state index contributed by atoms with van der Waals surface area (Å²) in [4.78, 5) is 14.8. The van der Waals surface area contributed by atoms with E-state index < -0.39 is 0 Å². The minimum absolute atomic E-state index is 0.602. The van der Waals surface area contributed by atoms with Crippen molar-refractivity contribution in [2.24, 2.45) is 0 Å².